The number of carbonyl (C=O) groups is 4. The highest BCUT2D eigenvalue weighted by Gasteiger charge is 2.32. The van der Waals surface area contributed by atoms with Crippen molar-refractivity contribution in [1.82, 2.24) is 0 Å². The molecule has 0 saturated heterocycles. The molecule has 122 valence electrons. The molecule has 3 N–H and O–H groups in total. The van der Waals surface area contributed by atoms with Crippen LogP contribution in [-0.2, 0) is 4.79 Å². The van der Waals surface area contributed by atoms with E-state index in [4.69, 9.17) is 4.74 Å². The molecule has 0 aliphatic rings. The Morgan fingerprint density at radius 2 is 1.33 bits per heavy atom. The Balaban J connectivity index is 3.11. The SMILES string of the molecule is C=CC(=O)Oc1c(C(=O)O)c(C(=O)O)c(C(=O)O)c2ccccc12. The Kier molecular flexibility index (Phi) is 4.32. The largest absolute Gasteiger partial charge is 0.478 e. The van der Waals surface area contributed by atoms with E-state index < -0.39 is 46.3 Å². The first-order valence-corrected chi connectivity index (χ1v) is 6.42. The summed E-state index contributed by atoms with van der Waals surface area (Å²) in [5.74, 6) is -6.70. The van der Waals surface area contributed by atoms with E-state index in [1.807, 2.05) is 0 Å². The monoisotopic (exact) mass is 330 g/mol. The Morgan fingerprint density at radius 3 is 1.79 bits per heavy atom. The predicted octanol–water partition coefficient (Wildman–Crippen LogP) is 2.03. The molecule has 8 nitrogen and oxygen atoms in total. The lowest BCUT2D eigenvalue weighted by molar-refractivity contribution is -0.128. The highest BCUT2D eigenvalue weighted by molar-refractivity contribution is 6.19. The van der Waals surface area contributed by atoms with Crippen molar-refractivity contribution in [2.75, 3.05) is 0 Å². The minimum Gasteiger partial charge on any atom is -0.478 e. The van der Waals surface area contributed by atoms with Gasteiger partial charge in [0.2, 0.25) is 0 Å². The average Bonchev–Trinajstić information content (AvgIpc) is 2.53. The molecule has 0 unspecified atom stereocenters. The molecule has 0 atom stereocenters. The van der Waals surface area contributed by atoms with E-state index in [0.717, 1.165) is 6.08 Å². The van der Waals surface area contributed by atoms with Crippen molar-refractivity contribution in [2.24, 2.45) is 0 Å². The van der Waals surface area contributed by atoms with Crippen LogP contribution in [0.1, 0.15) is 31.1 Å². The van der Waals surface area contributed by atoms with Gasteiger partial charge >= 0.3 is 23.9 Å². The topological polar surface area (TPSA) is 138 Å². The van der Waals surface area contributed by atoms with Crippen LogP contribution in [0.3, 0.4) is 0 Å². The number of rotatable bonds is 5. The van der Waals surface area contributed by atoms with E-state index in [-0.39, 0.29) is 10.8 Å². The lowest BCUT2D eigenvalue weighted by atomic mass is 9.92. The van der Waals surface area contributed by atoms with E-state index in [2.05, 4.69) is 6.58 Å². The van der Waals surface area contributed by atoms with Gasteiger partial charge in [-0.2, -0.15) is 0 Å². The zero-order chi connectivity index (χ0) is 18.0. The number of fused-ring (bicyclic) bond motifs is 1. The molecule has 0 fully saturated rings. The summed E-state index contributed by atoms with van der Waals surface area (Å²) in [6.45, 7) is 3.18. The Hall–Kier alpha value is -3.68. The van der Waals surface area contributed by atoms with Crippen molar-refractivity contribution < 1.29 is 39.2 Å². The third-order valence-corrected chi connectivity index (χ3v) is 3.18. The summed E-state index contributed by atoms with van der Waals surface area (Å²) in [7, 11) is 0. The number of carboxylic acids is 3. The zero-order valence-corrected chi connectivity index (χ0v) is 12.0. The average molecular weight is 330 g/mol. The van der Waals surface area contributed by atoms with Gasteiger partial charge in [-0.05, 0) is 0 Å². The van der Waals surface area contributed by atoms with Crippen molar-refractivity contribution in [1.29, 1.82) is 0 Å². The summed E-state index contributed by atoms with van der Waals surface area (Å²) in [6.07, 6.45) is 0.770. The molecular weight excluding hydrogens is 320 g/mol. The fourth-order valence-corrected chi connectivity index (χ4v) is 2.30. The molecule has 24 heavy (non-hydrogen) atoms. The van der Waals surface area contributed by atoms with Crippen LogP contribution in [0.15, 0.2) is 36.9 Å². The number of benzene rings is 2. The maximum absolute atomic E-state index is 11.6. The number of hydrogen-bond acceptors (Lipinski definition) is 5. The highest BCUT2D eigenvalue weighted by atomic mass is 16.5. The summed E-state index contributed by atoms with van der Waals surface area (Å²) < 4.78 is 4.90. The number of aromatic carboxylic acids is 3. The van der Waals surface area contributed by atoms with Gasteiger partial charge in [-0.1, -0.05) is 30.8 Å². The lowest BCUT2D eigenvalue weighted by Crippen LogP contribution is -2.18. The molecule has 2 rings (SSSR count). The minimum absolute atomic E-state index is 0.0208. The van der Waals surface area contributed by atoms with Gasteiger partial charge in [0.15, 0.2) is 5.75 Å². The van der Waals surface area contributed by atoms with Crippen molar-refractivity contribution in [3.8, 4) is 5.75 Å². The molecule has 2 aromatic carbocycles. The van der Waals surface area contributed by atoms with Crippen LogP contribution in [0.25, 0.3) is 10.8 Å². The van der Waals surface area contributed by atoms with Crippen LogP contribution < -0.4 is 4.74 Å². The second kappa shape index (κ2) is 6.21. The fourth-order valence-electron chi connectivity index (χ4n) is 2.30. The predicted molar refractivity (Wildman–Crippen MR) is 80.7 cm³/mol. The summed E-state index contributed by atoms with van der Waals surface area (Å²) >= 11 is 0. The van der Waals surface area contributed by atoms with E-state index in [1.54, 1.807) is 0 Å². The molecule has 0 heterocycles. The third kappa shape index (κ3) is 2.68. The molecule has 2 aromatic rings. The number of carbonyl (C=O) groups excluding carboxylic acids is 1. The van der Waals surface area contributed by atoms with Crippen molar-refractivity contribution in [2.45, 2.75) is 0 Å². The van der Waals surface area contributed by atoms with E-state index in [9.17, 15) is 34.5 Å². The van der Waals surface area contributed by atoms with E-state index in [0.29, 0.717) is 0 Å². The first-order valence-electron chi connectivity index (χ1n) is 6.42. The third-order valence-electron chi connectivity index (χ3n) is 3.18. The molecular formula is C16H10O8. The second-order valence-electron chi connectivity index (χ2n) is 4.54. The van der Waals surface area contributed by atoms with Gasteiger partial charge in [-0.3, -0.25) is 0 Å². The molecule has 0 spiro atoms. The van der Waals surface area contributed by atoms with Crippen molar-refractivity contribution in [3.63, 3.8) is 0 Å². The van der Waals surface area contributed by atoms with Gasteiger partial charge in [0.25, 0.3) is 0 Å². The smallest absolute Gasteiger partial charge is 0.340 e. The summed E-state index contributed by atoms with van der Waals surface area (Å²) in [6, 6.07) is 5.53. The number of carboxylic acid groups (broad SMARTS) is 3. The van der Waals surface area contributed by atoms with Crippen LogP contribution in [0.5, 0.6) is 5.75 Å². The molecule has 0 aliphatic heterocycles. The van der Waals surface area contributed by atoms with Gasteiger partial charge in [-0.25, -0.2) is 19.2 Å². The molecule has 0 aromatic heterocycles. The summed E-state index contributed by atoms with van der Waals surface area (Å²) in [5, 5.41) is 28.0. The molecule has 0 radical (unpaired) electrons. The first-order chi connectivity index (χ1) is 11.3. The van der Waals surface area contributed by atoms with Gasteiger partial charge in [0.1, 0.15) is 5.56 Å². The summed E-state index contributed by atoms with van der Waals surface area (Å²) in [4.78, 5) is 46.1. The zero-order valence-electron chi connectivity index (χ0n) is 12.0. The van der Waals surface area contributed by atoms with Gasteiger partial charge in [0, 0.05) is 16.8 Å². The van der Waals surface area contributed by atoms with E-state index >= 15 is 0 Å². The normalized spacial score (nSPS) is 10.2. The maximum atomic E-state index is 11.6. The molecule has 0 saturated carbocycles. The second-order valence-corrected chi connectivity index (χ2v) is 4.54. The van der Waals surface area contributed by atoms with Crippen molar-refractivity contribution in [3.05, 3.63) is 53.6 Å². The lowest BCUT2D eigenvalue weighted by Gasteiger charge is -2.15. The minimum atomic E-state index is -1.77. The van der Waals surface area contributed by atoms with Crippen molar-refractivity contribution >= 4 is 34.6 Å². The Labute approximate surface area is 134 Å². The van der Waals surface area contributed by atoms with Gasteiger partial charge < -0.3 is 20.1 Å². The number of esters is 1. The quantitative estimate of drug-likeness (QED) is 0.430. The summed E-state index contributed by atoms with van der Waals surface area (Å²) in [5.41, 5.74) is -2.59. The van der Waals surface area contributed by atoms with Crippen LogP contribution >= 0.6 is 0 Å². The number of ether oxygens (including phenoxy) is 1. The van der Waals surface area contributed by atoms with E-state index in [1.165, 1.54) is 24.3 Å². The number of hydrogen-bond donors (Lipinski definition) is 3. The standard InChI is InChI=1S/C16H10O8/c1-2-9(17)24-13-8-6-4-3-5-7(8)10(14(18)19)11(15(20)21)12(13)16(22)23/h2-6H,1H2,(H,18,19)(H,20,21)(H,22,23). The fraction of sp³-hybridized carbons (Fsp3) is 0. The van der Waals surface area contributed by atoms with Crippen LogP contribution in [-0.4, -0.2) is 39.2 Å². The van der Waals surface area contributed by atoms with Gasteiger partial charge in [0.05, 0.1) is 11.1 Å². The maximum Gasteiger partial charge on any atom is 0.340 e. The van der Waals surface area contributed by atoms with Gasteiger partial charge in [-0.15, -0.1) is 0 Å². The van der Waals surface area contributed by atoms with Crippen LogP contribution in [0, 0.1) is 0 Å². The van der Waals surface area contributed by atoms with Crippen LogP contribution in [0.4, 0.5) is 0 Å². The molecule has 8 heteroatoms. The molecule has 0 aliphatic carbocycles. The van der Waals surface area contributed by atoms with Crippen LogP contribution in [0.2, 0.25) is 0 Å². The molecule has 0 bridgehead atoms. The molecule has 0 amide bonds. The first kappa shape index (κ1) is 16.7. The Morgan fingerprint density at radius 1 is 0.833 bits per heavy atom. The Bertz CT molecular complexity index is 910. The highest BCUT2D eigenvalue weighted by Crippen LogP contribution is 2.37.